The highest BCUT2D eigenvalue weighted by Gasteiger charge is 2.21. The van der Waals surface area contributed by atoms with Crippen molar-refractivity contribution >= 4 is 23.4 Å². The topological polar surface area (TPSA) is 32.3 Å². The average Bonchev–Trinajstić information content (AvgIpc) is 3.07. The number of nitrogens with zero attached hydrogens (tertiary/aromatic N) is 1. The molecular formula is C19H18F2N2O. The van der Waals surface area contributed by atoms with Crippen LogP contribution in [0.2, 0.25) is 0 Å². The van der Waals surface area contributed by atoms with Gasteiger partial charge < -0.3 is 10.2 Å². The van der Waals surface area contributed by atoms with Crippen LogP contribution >= 0.6 is 0 Å². The van der Waals surface area contributed by atoms with Crippen molar-refractivity contribution in [3.05, 3.63) is 65.7 Å². The number of carbonyl (C=O) groups is 1. The van der Waals surface area contributed by atoms with Crippen molar-refractivity contribution in [2.24, 2.45) is 0 Å². The van der Waals surface area contributed by atoms with E-state index in [0.717, 1.165) is 30.5 Å². The zero-order valence-corrected chi connectivity index (χ0v) is 13.1. The summed E-state index contributed by atoms with van der Waals surface area (Å²) in [6.07, 6.45) is 4.84. The van der Waals surface area contributed by atoms with E-state index in [1.54, 1.807) is 11.0 Å². The smallest absolute Gasteiger partial charge is 0.248 e. The van der Waals surface area contributed by atoms with Gasteiger partial charge in [0.1, 0.15) is 5.69 Å². The molecular weight excluding hydrogens is 310 g/mol. The molecule has 1 fully saturated rings. The van der Waals surface area contributed by atoms with E-state index in [2.05, 4.69) is 5.32 Å². The van der Waals surface area contributed by atoms with E-state index >= 15 is 0 Å². The van der Waals surface area contributed by atoms with E-state index in [-0.39, 0.29) is 11.4 Å². The molecule has 0 spiro atoms. The molecule has 0 atom stereocenters. The van der Waals surface area contributed by atoms with E-state index in [4.69, 9.17) is 0 Å². The van der Waals surface area contributed by atoms with Gasteiger partial charge in [-0.05, 0) is 36.6 Å². The number of rotatable bonds is 4. The molecule has 1 N–H and O–H groups in total. The minimum atomic E-state index is -0.653. The van der Waals surface area contributed by atoms with Crippen LogP contribution in [0.4, 0.5) is 20.2 Å². The Hall–Kier alpha value is -2.69. The maximum atomic E-state index is 14.2. The van der Waals surface area contributed by atoms with Crippen LogP contribution in [0.5, 0.6) is 0 Å². The highest BCUT2D eigenvalue weighted by molar-refractivity contribution is 6.02. The number of anilines is 2. The molecule has 0 aliphatic carbocycles. The fraction of sp³-hybridized carbons (Fsp3) is 0.211. The zero-order valence-electron chi connectivity index (χ0n) is 13.1. The van der Waals surface area contributed by atoms with Crippen molar-refractivity contribution < 1.29 is 13.6 Å². The Morgan fingerprint density at radius 1 is 1.04 bits per heavy atom. The molecule has 1 heterocycles. The number of halogens is 2. The molecule has 1 amide bonds. The summed E-state index contributed by atoms with van der Waals surface area (Å²) in [5.41, 5.74) is 0.968. The molecule has 3 nitrogen and oxygen atoms in total. The summed E-state index contributed by atoms with van der Waals surface area (Å²) in [5, 5.41) is 2.49. The molecule has 124 valence electrons. The number of benzene rings is 2. The Balaban J connectivity index is 1.71. The fourth-order valence-electron chi connectivity index (χ4n) is 2.80. The van der Waals surface area contributed by atoms with Crippen molar-refractivity contribution in [1.82, 2.24) is 0 Å². The Labute approximate surface area is 139 Å². The zero-order chi connectivity index (χ0) is 16.9. The third-order valence-electron chi connectivity index (χ3n) is 3.93. The molecule has 1 aliphatic rings. The first kappa shape index (κ1) is 16.2. The number of nitrogens with one attached hydrogen (secondary N) is 1. The van der Waals surface area contributed by atoms with Gasteiger partial charge >= 0.3 is 0 Å². The SMILES string of the molecule is O=C(/C=C/c1ccccc1)Nc1cc(F)c(N2CCCC2)c(F)c1. The molecule has 0 unspecified atom stereocenters. The van der Waals surface area contributed by atoms with Gasteiger partial charge in [0.05, 0.1) is 0 Å². The van der Waals surface area contributed by atoms with Crippen molar-refractivity contribution in [3.8, 4) is 0 Å². The summed E-state index contributed by atoms with van der Waals surface area (Å²) >= 11 is 0. The molecule has 5 heteroatoms. The van der Waals surface area contributed by atoms with Crippen LogP contribution < -0.4 is 10.2 Å². The van der Waals surface area contributed by atoms with Crippen molar-refractivity contribution in [1.29, 1.82) is 0 Å². The molecule has 1 aliphatic heterocycles. The van der Waals surface area contributed by atoms with E-state index in [1.165, 1.54) is 6.08 Å². The fourth-order valence-corrected chi connectivity index (χ4v) is 2.80. The summed E-state index contributed by atoms with van der Waals surface area (Å²) in [6.45, 7) is 1.30. The molecule has 0 aromatic heterocycles. The van der Waals surface area contributed by atoms with Crippen LogP contribution in [0, 0.1) is 11.6 Å². The lowest BCUT2D eigenvalue weighted by Gasteiger charge is -2.19. The number of carbonyl (C=O) groups excluding carboxylic acids is 1. The Kier molecular flexibility index (Phi) is 4.89. The lowest BCUT2D eigenvalue weighted by molar-refractivity contribution is -0.111. The molecule has 3 rings (SSSR count). The second-order valence-electron chi connectivity index (χ2n) is 5.72. The summed E-state index contributed by atoms with van der Waals surface area (Å²) in [7, 11) is 0. The summed E-state index contributed by atoms with van der Waals surface area (Å²) in [4.78, 5) is 13.6. The van der Waals surface area contributed by atoms with Crippen molar-refractivity contribution in [2.45, 2.75) is 12.8 Å². The number of hydrogen-bond donors (Lipinski definition) is 1. The normalized spacial score (nSPS) is 14.3. The highest BCUT2D eigenvalue weighted by atomic mass is 19.1. The van der Waals surface area contributed by atoms with Gasteiger partial charge in [0, 0.05) is 24.9 Å². The Morgan fingerprint density at radius 2 is 1.67 bits per heavy atom. The van der Waals surface area contributed by atoms with Crippen molar-refractivity contribution in [3.63, 3.8) is 0 Å². The maximum Gasteiger partial charge on any atom is 0.248 e. The van der Waals surface area contributed by atoms with E-state index in [0.29, 0.717) is 13.1 Å². The molecule has 0 bridgehead atoms. The predicted molar refractivity (Wildman–Crippen MR) is 91.9 cm³/mol. The van der Waals surface area contributed by atoms with Crippen LogP contribution in [0.1, 0.15) is 18.4 Å². The first-order chi connectivity index (χ1) is 11.6. The Bertz CT molecular complexity index is 730. The molecule has 0 saturated carbocycles. The molecule has 2 aromatic rings. The molecule has 0 radical (unpaired) electrons. The summed E-state index contributed by atoms with van der Waals surface area (Å²) in [6, 6.07) is 11.6. The minimum absolute atomic E-state index is 0.00896. The summed E-state index contributed by atoms with van der Waals surface area (Å²) < 4.78 is 28.4. The number of amides is 1. The van der Waals surface area contributed by atoms with E-state index < -0.39 is 17.5 Å². The van der Waals surface area contributed by atoms with Crippen LogP contribution in [0.25, 0.3) is 6.08 Å². The largest absolute Gasteiger partial charge is 0.367 e. The maximum absolute atomic E-state index is 14.2. The third-order valence-corrected chi connectivity index (χ3v) is 3.93. The molecule has 1 saturated heterocycles. The van der Waals surface area contributed by atoms with E-state index in [9.17, 15) is 13.6 Å². The van der Waals surface area contributed by atoms with Gasteiger partial charge in [-0.15, -0.1) is 0 Å². The molecule has 24 heavy (non-hydrogen) atoms. The van der Waals surface area contributed by atoms with Gasteiger partial charge in [0.15, 0.2) is 11.6 Å². The average molecular weight is 328 g/mol. The van der Waals surface area contributed by atoms with Crippen molar-refractivity contribution in [2.75, 3.05) is 23.3 Å². The van der Waals surface area contributed by atoms with Crippen LogP contribution in [0.3, 0.4) is 0 Å². The first-order valence-corrected chi connectivity index (χ1v) is 7.91. The first-order valence-electron chi connectivity index (χ1n) is 7.91. The monoisotopic (exact) mass is 328 g/mol. The number of hydrogen-bond acceptors (Lipinski definition) is 2. The third kappa shape index (κ3) is 3.79. The van der Waals surface area contributed by atoms with E-state index in [1.807, 2.05) is 30.3 Å². The lowest BCUT2D eigenvalue weighted by atomic mass is 10.2. The van der Waals surface area contributed by atoms with Gasteiger partial charge in [0.25, 0.3) is 0 Å². The van der Waals surface area contributed by atoms with Gasteiger partial charge in [-0.25, -0.2) is 8.78 Å². The highest BCUT2D eigenvalue weighted by Crippen LogP contribution is 2.29. The quantitative estimate of drug-likeness (QED) is 0.853. The van der Waals surface area contributed by atoms with Gasteiger partial charge in [-0.3, -0.25) is 4.79 Å². The molecule has 2 aromatic carbocycles. The minimum Gasteiger partial charge on any atom is -0.367 e. The van der Waals surface area contributed by atoms with Gasteiger partial charge in [0.2, 0.25) is 5.91 Å². The predicted octanol–water partition coefficient (Wildman–Crippen LogP) is 4.22. The standard InChI is InChI=1S/C19H18F2N2O/c20-16-12-15(13-17(21)19(16)23-10-4-5-11-23)22-18(24)9-8-14-6-2-1-3-7-14/h1-3,6-9,12-13H,4-5,10-11H2,(H,22,24)/b9-8+. The van der Waals surface area contributed by atoms with Gasteiger partial charge in [-0.2, -0.15) is 0 Å². The van der Waals surface area contributed by atoms with Crippen LogP contribution in [-0.2, 0) is 4.79 Å². The van der Waals surface area contributed by atoms with Gasteiger partial charge in [-0.1, -0.05) is 30.3 Å². The Morgan fingerprint density at radius 3 is 2.29 bits per heavy atom. The van der Waals surface area contributed by atoms with Crippen LogP contribution in [-0.4, -0.2) is 19.0 Å². The summed E-state index contributed by atoms with van der Waals surface area (Å²) in [5.74, 6) is -1.75. The van der Waals surface area contributed by atoms with Crippen LogP contribution in [0.15, 0.2) is 48.5 Å². The lowest BCUT2D eigenvalue weighted by Crippen LogP contribution is -2.21. The second kappa shape index (κ2) is 7.25. The second-order valence-corrected chi connectivity index (χ2v) is 5.72.